The molecule has 0 atom stereocenters. The standard InChI is InChI=1S/C10H10O3.Na/c11-10(12)8-3-1-2-7(4-8)9-5-13-6-9;/h1-4,9H,5-6H2,(H,11,12);/q;+1/p-1. The zero-order valence-electron chi connectivity index (χ0n) is 8.03. The number of aromatic carboxylic acids is 1. The van der Waals surface area contributed by atoms with Crippen molar-refractivity contribution in [2.75, 3.05) is 13.2 Å². The van der Waals surface area contributed by atoms with Gasteiger partial charge in [-0.25, -0.2) is 0 Å². The van der Waals surface area contributed by atoms with Crippen molar-refractivity contribution in [3.8, 4) is 0 Å². The van der Waals surface area contributed by atoms with Gasteiger partial charge in [0, 0.05) is 5.92 Å². The van der Waals surface area contributed by atoms with E-state index in [1.807, 2.05) is 6.07 Å². The predicted octanol–water partition coefficient (Wildman–Crippen LogP) is -2.83. The Morgan fingerprint density at radius 2 is 2.14 bits per heavy atom. The first-order valence-electron chi connectivity index (χ1n) is 4.16. The summed E-state index contributed by atoms with van der Waals surface area (Å²) in [6.07, 6.45) is 0. The first-order valence-corrected chi connectivity index (χ1v) is 4.16. The van der Waals surface area contributed by atoms with Crippen LogP contribution in [0.5, 0.6) is 0 Å². The molecule has 0 amide bonds. The molecule has 0 bridgehead atoms. The number of benzene rings is 1. The van der Waals surface area contributed by atoms with Crippen LogP contribution in [0, 0.1) is 0 Å². The van der Waals surface area contributed by atoms with Crippen molar-refractivity contribution < 1.29 is 44.2 Å². The van der Waals surface area contributed by atoms with Crippen molar-refractivity contribution in [2.45, 2.75) is 5.92 Å². The van der Waals surface area contributed by atoms with Crippen LogP contribution < -0.4 is 34.7 Å². The summed E-state index contributed by atoms with van der Waals surface area (Å²) in [6.45, 7) is 1.38. The Morgan fingerprint density at radius 3 is 2.64 bits per heavy atom. The van der Waals surface area contributed by atoms with Gasteiger partial charge < -0.3 is 14.6 Å². The minimum absolute atomic E-state index is 0. The summed E-state index contributed by atoms with van der Waals surface area (Å²) in [5, 5.41) is 10.5. The van der Waals surface area contributed by atoms with Crippen LogP contribution in [0.15, 0.2) is 24.3 Å². The normalized spacial score (nSPS) is 15.4. The Kier molecular flexibility index (Phi) is 4.13. The summed E-state index contributed by atoms with van der Waals surface area (Å²) in [5.74, 6) is -0.763. The summed E-state index contributed by atoms with van der Waals surface area (Å²) < 4.78 is 5.03. The van der Waals surface area contributed by atoms with Gasteiger partial charge in [0.25, 0.3) is 0 Å². The van der Waals surface area contributed by atoms with Gasteiger partial charge in [-0.05, 0) is 17.2 Å². The molecule has 14 heavy (non-hydrogen) atoms. The van der Waals surface area contributed by atoms with Crippen LogP contribution in [-0.2, 0) is 4.74 Å². The van der Waals surface area contributed by atoms with Crippen molar-refractivity contribution in [1.29, 1.82) is 0 Å². The molecule has 3 nitrogen and oxygen atoms in total. The number of ether oxygens (including phenoxy) is 1. The fourth-order valence-electron chi connectivity index (χ4n) is 1.35. The monoisotopic (exact) mass is 200 g/mol. The molecule has 1 saturated heterocycles. The molecule has 0 aliphatic carbocycles. The van der Waals surface area contributed by atoms with Crippen LogP contribution in [0.1, 0.15) is 21.8 Å². The van der Waals surface area contributed by atoms with Gasteiger partial charge in [0.15, 0.2) is 0 Å². The van der Waals surface area contributed by atoms with Gasteiger partial charge in [0.1, 0.15) is 0 Å². The number of carboxylic acids is 1. The largest absolute Gasteiger partial charge is 1.00 e. The topological polar surface area (TPSA) is 49.4 Å². The van der Waals surface area contributed by atoms with E-state index in [0.717, 1.165) is 5.56 Å². The van der Waals surface area contributed by atoms with Crippen molar-refractivity contribution in [3.05, 3.63) is 35.4 Å². The number of rotatable bonds is 2. The number of hydrogen-bond acceptors (Lipinski definition) is 3. The quantitative estimate of drug-likeness (QED) is 0.483. The van der Waals surface area contributed by atoms with Crippen molar-refractivity contribution in [1.82, 2.24) is 0 Å². The van der Waals surface area contributed by atoms with E-state index in [-0.39, 0.29) is 35.1 Å². The van der Waals surface area contributed by atoms with E-state index in [0.29, 0.717) is 19.1 Å². The average molecular weight is 200 g/mol. The smallest absolute Gasteiger partial charge is 0.545 e. The molecular formula is C10H9NaO3. The van der Waals surface area contributed by atoms with E-state index in [9.17, 15) is 9.90 Å². The zero-order valence-corrected chi connectivity index (χ0v) is 10.0. The van der Waals surface area contributed by atoms with Crippen LogP contribution in [-0.4, -0.2) is 19.2 Å². The van der Waals surface area contributed by atoms with E-state index in [2.05, 4.69) is 0 Å². The summed E-state index contributed by atoms with van der Waals surface area (Å²) in [7, 11) is 0. The van der Waals surface area contributed by atoms with Crippen LogP contribution in [0.3, 0.4) is 0 Å². The Bertz CT molecular complexity index is 334. The van der Waals surface area contributed by atoms with E-state index in [1.54, 1.807) is 18.2 Å². The van der Waals surface area contributed by atoms with Gasteiger partial charge in [-0.2, -0.15) is 0 Å². The maximum Gasteiger partial charge on any atom is 1.00 e. The number of carboxylic acid groups (broad SMARTS) is 1. The van der Waals surface area contributed by atoms with Crippen molar-refractivity contribution in [3.63, 3.8) is 0 Å². The molecule has 0 unspecified atom stereocenters. The summed E-state index contributed by atoms with van der Waals surface area (Å²) in [6, 6.07) is 6.85. The van der Waals surface area contributed by atoms with Gasteiger partial charge in [-0.1, -0.05) is 18.2 Å². The van der Waals surface area contributed by atoms with Gasteiger partial charge >= 0.3 is 29.6 Å². The van der Waals surface area contributed by atoms with Crippen molar-refractivity contribution >= 4 is 5.97 Å². The third-order valence-electron chi connectivity index (χ3n) is 2.23. The van der Waals surface area contributed by atoms with E-state index >= 15 is 0 Å². The van der Waals surface area contributed by atoms with Gasteiger partial charge in [0.05, 0.1) is 19.2 Å². The molecule has 68 valence electrons. The molecule has 4 heteroatoms. The fraction of sp³-hybridized carbons (Fsp3) is 0.300. The molecule has 1 aromatic rings. The minimum atomic E-state index is -1.12. The third kappa shape index (κ3) is 2.36. The molecule has 0 saturated carbocycles. The van der Waals surface area contributed by atoms with Crippen LogP contribution in [0.25, 0.3) is 0 Å². The summed E-state index contributed by atoms with van der Waals surface area (Å²) in [5.41, 5.74) is 1.26. The Balaban J connectivity index is 0.000000980. The molecule has 0 N–H and O–H groups in total. The Morgan fingerprint density at radius 1 is 1.43 bits per heavy atom. The number of carbonyl (C=O) groups is 1. The van der Waals surface area contributed by atoms with E-state index < -0.39 is 5.97 Å². The first-order chi connectivity index (χ1) is 6.27. The molecule has 1 aliphatic rings. The van der Waals surface area contributed by atoms with E-state index in [1.165, 1.54) is 0 Å². The van der Waals surface area contributed by atoms with Gasteiger partial charge in [0.2, 0.25) is 0 Å². The van der Waals surface area contributed by atoms with Gasteiger partial charge in [-0.3, -0.25) is 0 Å². The minimum Gasteiger partial charge on any atom is -0.545 e. The average Bonchev–Trinajstić information content (AvgIpc) is 2.01. The van der Waals surface area contributed by atoms with Crippen LogP contribution >= 0.6 is 0 Å². The Labute approximate surface area is 104 Å². The first kappa shape index (κ1) is 11.7. The molecule has 2 rings (SSSR count). The zero-order chi connectivity index (χ0) is 9.26. The van der Waals surface area contributed by atoms with Crippen molar-refractivity contribution in [2.24, 2.45) is 0 Å². The molecular weight excluding hydrogens is 191 g/mol. The summed E-state index contributed by atoms with van der Waals surface area (Å²) in [4.78, 5) is 10.5. The molecule has 1 aromatic carbocycles. The third-order valence-corrected chi connectivity index (χ3v) is 2.23. The Hall–Kier alpha value is -0.350. The second-order valence-electron chi connectivity index (χ2n) is 3.15. The summed E-state index contributed by atoms with van der Waals surface area (Å²) >= 11 is 0. The number of hydrogen-bond donors (Lipinski definition) is 0. The maximum absolute atomic E-state index is 10.5. The second-order valence-corrected chi connectivity index (χ2v) is 3.15. The maximum atomic E-state index is 10.5. The fourth-order valence-corrected chi connectivity index (χ4v) is 1.35. The van der Waals surface area contributed by atoms with Crippen LogP contribution in [0.2, 0.25) is 0 Å². The van der Waals surface area contributed by atoms with Crippen LogP contribution in [0.4, 0.5) is 0 Å². The molecule has 0 aromatic heterocycles. The number of carbonyl (C=O) groups excluding carboxylic acids is 1. The molecule has 0 radical (unpaired) electrons. The van der Waals surface area contributed by atoms with Gasteiger partial charge in [-0.15, -0.1) is 0 Å². The molecule has 1 heterocycles. The predicted molar refractivity (Wildman–Crippen MR) is 44.3 cm³/mol. The molecule has 0 spiro atoms. The second kappa shape index (κ2) is 4.94. The molecule has 1 fully saturated rings. The van der Waals surface area contributed by atoms with E-state index in [4.69, 9.17) is 4.74 Å². The molecule has 1 aliphatic heterocycles. The SMILES string of the molecule is O=C([O-])c1cccc(C2COC2)c1.[Na+].